The van der Waals surface area contributed by atoms with Gasteiger partial charge in [-0.3, -0.25) is 0 Å². The van der Waals surface area contributed by atoms with Crippen LogP contribution in [-0.2, 0) is 4.74 Å². The fourth-order valence-corrected chi connectivity index (χ4v) is 1.92. The van der Waals surface area contributed by atoms with E-state index in [1.54, 1.807) is 0 Å². The Morgan fingerprint density at radius 1 is 1.19 bits per heavy atom. The van der Waals surface area contributed by atoms with Crippen molar-refractivity contribution in [2.24, 2.45) is 5.92 Å². The minimum atomic E-state index is 0.245. The number of ether oxygens (including phenoxy) is 1. The Kier molecular flexibility index (Phi) is 6.07. The molecule has 16 heavy (non-hydrogen) atoms. The van der Waals surface area contributed by atoms with Gasteiger partial charge < -0.3 is 10.1 Å². The molecule has 0 amide bonds. The van der Waals surface area contributed by atoms with E-state index in [1.807, 2.05) is 0 Å². The molecule has 0 saturated carbocycles. The summed E-state index contributed by atoms with van der Waals surface area (Å²) in [6.45, 7) is 9.62. The lowest BCUT2D eigenvalue weighted by atomic mass is 9.96. The first-order valence-electron chi connectivity index (χ1n) is 6.56. The molecule has 0 aliphatic carbocycles. The topological polar surface area (TPSA) is 21.3 Å². The van der Waals surface area contributed by atoms with Crippen molar-refractivity contribution in [3.8, 4) is 0 Å². The van der Waals surface area contributed by atoms with Crippen molar-refractivity contribution in [1.29, 1.82) is 0 Å². The summed E-state index contributed by atoms with van der Waals surface area (Å²) in [7, 11) is 0. The molecule has 1 aliphatic rings. The average Bonchev–Trinajstić information content (AvgIpc) is 2.23. The third-order valence-corrected chi connectivity index (χ3v) is 2.94. The first-order valence-corrected chi connectivity index (χ1v) is 6.56. The Labute approximate surface area is 100 Å². The molecule has 0 unspecified atom stereocenters. The van der Waals surface area contributed by atoms with E-state index in [1.165, 1.54) is 19.3 Å². The molecule has 0 radical (unpaired) electrons. The van der Waals surface area contributed by atoms with Crippen molar-refractivity contribution >= 4 is 0 Å². The third-order valence-electron chi connectivity index (χ3n) is 2.94. The van der Waals surface area contributed by atoms with Crippen LogP contribution in [0.15, 0.2) is 12.2 Å². The van der Waals surface area contributed by atoms with Crippen molar-refractivity contribution in [1.82, 2.24) is 5.32 Å². The lowest BCUT2D eigenvalue weighted by molar-refractivity contribution is 0.0672. The molecule has 1 saturated heterocycles. The summed E-state index contributed by atoms with van der Waals surface area (Å²) >= 11 is 0. The average molecular weight is 225 g/mol. The van der Waals surface area contributed by atoms with Crippen LogP contribution in [0.25, 0.3) is 0 Å². The normalized spacial score (nSPS) is 19.4. The molecule has 1 aliphatic heterocycles. The van der Waals surface area contributed by atoms with Crippen molar-refractivity contribution in [3.63, 3.8) is 0 Å². The fourth-order valence-electron chi connectivity index (χ4n) is 1.92. The molecule has 1 heterocycles. The van der Waals surface area contributed by atoms with Crippen molar-refractivity contribution in [3.05, 3.63) is 12.2 Å². The highest BCUT2D eigenvalue weighted by Gasteiger charge is 2.11. The molecule has 2 heteroatoms. The molecule has 0 spiro atoms. The van der Waals surface area contributed by atoms with Gasteiger partial charge in [0.1, 0.15) is 0 Å². The summed E-state index contributed by atoms with van der Waals surface area (Å²) in [6, 6.07) is 0. The molecular formula is C14H27NO. The molecule has 0 aromatic carbocycles. The number of nitrogens with one attached hydrogen (secondary N) is 1. The highest BCUT2D eigenvalue weighted by atomic mass is 16.5. The summed E-state index contributed by atoms with van der Waals surface area (Å²) in [4.78, 5) is 0. The number of rotatable bonds is 5. The van der Waals surface area contributed by atoms with E-state index in [-0.39, 0.29) is 5.54 Å². The lowest BCUT2D eigenvalue weighted by Gasteiger charge is -2.20. The first-order chi connectivity index (χ1) is 7.58. The Hall–Kier alpha value is -0.340. The largest absolute Gasteiger partial charge is 0.381 e. The Morgan fingerprint density at radius 3 is 2.50 bits per heavy atom. The van der Waals surface area contributed by atoms with Crippen LogP contribution in [0.4, 0.5) is 0 Å². The van der Waals surface area contributed by atoms with Crippen molar-refractivity contribution in [2.45, 2.75) is 52.0 Å². The van der Waals surface area contributed by atoms with Gasteiger partial charge in [0.25, 0.3) is 0 Å². The molecule has 0 bridgehead atoms. The monoisotopic (exact) mass is 225 g/mol. The molecule has 1 fully saturated rings. The quantitative estimate of drug-likeness (QED) is 0.573. The molecule has 2 nitrogen and oxygen atoms in total. The number of hydrogen-bond acceptors (Lipinski definition) is 2. The smallest absolute Gasteiger partial charge is 0.0468 e. The summed E-state index contributed by atoms with van der Waals surface area (Å²) < 4.78 is 5.35. The van der Waals surface area contributed by atoms with Gasteiger partial charge in [-0.25, -0.2) is 0 Å². The van der Waals surface area contributed by atoms with E-state index >= 15 is 0 Å². The first kappa shape index (κ1) is 13.7. The zero-order valence-electron chi connectivity index (χ0n) is 11.1. The van der Waals surface area contributed by atoms with Gasteiger partial charge >= 0.3 is 0 Å². The van der Waals surface area contributed by atoms with Crippen molar-refractivity contribution in [2.75, 3.05) is 19.8 Å². The predicted octanol–water partition coefficient (Wildman–Crippen LogP) is 3.14. The minimum Gasteiger partial charge on any atom is -0.381 e. The Morgan fingerprint density at radius 2 is 1.88 bits per heavy atom. The van der Waals surface area contributed by atoms with Crippen LogP contribution >= 0.6 is 0 Å². The van der Waals surface area contributed by atoms with E-state index in [2.05, 4.69) is 38.2 Å². The van der Waals surface area contributed by atoms with Gasteiger partial charge in [-0.15, -0.1) is 0 Å². The van der Waals surface area contributed by atoms with Crippen LogP contribution in [0.2, 0.25) is 0 Å². The molecule has 94 valence electrons. The zero-order valence-corrected chi connectivity index (χ0v) is 11.1. The van der Waals surface area contributed by atoms with E-state index in [9.17, 15) is 0 Å². The van der Waals surface area contributed by atoms with E-state index in [0.29, 0.717) is 0 Å². The van der Waals surface area contributed by atoms with Gasteiger partial charge in [0.15, 0.2) is 0 Å². The highest BCUT2D eigenvalue weighted by molar-refractivity contribution is 4.86. The Bertz CT molecular complexity index is 199. The van der Waals surface area contributed by atoms with Gasteiger partial charge in [-0.1, -0.05) is 12.2 Å². The number of hydrogen-bond donors (Lipinski definition) is 1. The Balaban J connectivity index is 1.99. The van der Waals surface area contributed by atoms with Crippen LogP contribution in [0, 0.1) is 5.92 Å². The maximum Gasteiger partial charge on any atom is 0.0468 e. The van der Waals surface area contributed by atoms with Crippen LogP contribution < -0.4 is 5.32 Å². The minimum absolute atomic E-state index is 0.245. The van der Waals surface area contributed by atoms with Gasteiger partial charge in [-0.05, 0) is 58.9 Å². The summed E-state index contributed by atoms with van der Waals surface area (Å²) in [5.41, 5.74) is 0.245. The second-order valence-corrected chi connectivity index (χ2v) is 5.73. The van der Waals surface area contributed by atoms with Crippen LogP contribution in [0.5, 0.6) is 0 Å². The maximum atomic E-state index is 5.35. The lowest BCUT2D eigenvalue weighted by Crippen LogP contribution is -2.36. The van der Waals surface area contributed by atoms with Crippen LogP contribution in [0.1, 0.15) is 46.5 Å². The summed E-state index contributed by atoms with van der Waals surface area (Å²) in [5, 5.41) is 3.49. The third kappa shape index (κ3) is 7.02. The number of allylic oxidation sites excluding steroid dienone is 1. The molecule has 1 N–H and O–H groups in total. The van der Waals surface area contributed by atoms with Gasteiger partial charge in [0.2, 0.25) is 0 Å². The van der Waals surface area contributed by atoms with Crippen molar-refractivity contribution < 1.29 is 4.74 Å². The molecule has 0 aromatic rings. The summed E-state index contributed by atoms with van der Waals surface area (Å²) in [5.74, 6) is 0.862. The van der Waals surface area contributed by atoms with Gasteiger partial charge in [0, 0.05) is 18.8 Å². The fraction of sp³-hybridized carbons (Fsp3) is 0.857. The van der Waals surface area contributed by atoms with E-state index in [0.717, 1.165) is 32.1 Å². The standard InChI is InChI=1S/C14H27NO/c1-14(2,3)15-10-6-4-5-7-13-8-11-16-12-9-13/h4-5,13,15H,6-12H2,1-3H3. The van der Waals surface area contributed by atoms with E-state index < -0.39 is 0 Å². The highest BCUT2D eigenvalue weighted by Crippen LogP contribution is 2.18. The predicted molar refractivity (Wildman–Crippen MR) is 69.7 cm³/mol. The van der Waals surface area contributed by atoms with E-state index in [4.69, 9.17) is 4.74 Å². The molecular weight excluding hydrogens is 198 g/mol. The molecule has 0 atom stereocenters. The second kappa shape index (κ2) is 7.08. The SMILES string of the molecule is CC(C)(C)NCCC=CCC1CCOCC1. The van der Waals surface area contributed by atoms with Gasteiger partial charge in [-0.2, -0.15) is 0 Å². The zero-order chi connectivity index (χ0) is 11.9. The molecule has 0 aromatic heterocycles. The second-order valence-electron chi connectivity index (χ2n) is 5.73. The maximum absolute atomic E-state index is 5.35. The van der Waals surface area contributed by atoms with Crippen LogP contribution in [0.3, 0.4) is 0 Å². The summed E-state index contributed by atoms with van der Waals surface area (Å²) in [6.07, 6.45) is 9.52. The van der Waals surface area contributed by atoms with Crippen LogP contribution in [-0.4, -0.2) is 25.3 Å². The van der Waals surface area contributed by atoms with Gasteiger partial charge in [0.05, 0.1) is 0 Å². The molecule has 1 rings (SSSR count).